The molecule has 2 heterocycles. The largest absolute Gasteiger partial charge is 0.376 e. The third-order valence-corrected chi connectivity index (χ3v) is 6.56. The Bertz CT molecular complexity index is 1040. The van der Waals surface area contributed by atoms with Gasteiger partial charge in [0.1, 0.15) is 5.82 Å². The summed E-state index contributed by atoms with van der Waals surface area (Å²) in [4.78, 5) is 12.6. The van der Waals surface area contributed by atoms with Gasteiger partial charge in [0.25, 0.3) is 0 Å². The quantitative estimate of drug-likeness (QED) is 0.493. The minimum Gasteiger partial charge on any atom is -0.376 e. The Hall–Kier alpha value is -2.71. The number of aryl methyl sites for hydroxylation is 1. The zero-order chi connectivity index (χ0) is 22.3. The fourth-order valence-corrected chi connectivity index (χ4v) is 4.58. The van der Waals surface area contributed by atoms with Crippen molar-refractivity contribution in [3.63, 3.8) is 0 Å². The smallest absolute Gasteiger partial charge is 0.233 e. The van der Waals surface area contributed by atoms with Gasteiger partial charge in [0.15, 0.2) is 11.0 Å². The van der Waals surface area contributed by atoms with Gasteiger partial charge in [-0.2, -0.15) is 0 Å². The normalized spacial score (nSPS) is 16.8. The summed E-state index contributed by atoms with van der Waals surface area (Å²) < 4.78 is 22.0. The molecule has 168 valence electrons. The Kier molecular flexibility index (Phi) is 7.55. The highest BCUT2D eigenvalue weighted by Gasteiger charge is 2.23. The van der Waals surface area contributed by atoms with Crippen LogP contribution in [-0.2, 0) is 22.5 Å². The van der Waals surface area contributed by atoms with Crippen LogP contribution in [0.5, 0.6) is 0 Å². The lowest BCUT2D eigenvalue weighted by atomic mass is 10.1. The van der Waals surface area contributed by atoms with Crippen LogP contribution in [-0.4, -0.2) is 45.2 Å². The average molecular weight is 455 g/mol. The molecule has 0 bridgehead atoms. The van der Waals surface area contributed by atoms with Gasteiger partial charge >= 0.3 is 0 Å². The lowest BCUT2D eigenvalue weighted by Gasteiger charge is -2.15. The van der Waals surface area contributed by atoms with E-state index in [1.54, 1.807) is 18.2 Å². The summed E-state index contributed by atoms with van der Waals surface area (Å²) in [5.41, 5.74) is 1.56. The number of hydrogen-bond acceptors (Lipinski definition) is 5. The Labute approximate surface area is 191 Å². The predicted molar refractivity (Wildman–Crippen MR) is 123 cm³/mol. The van der Waals surface area contributed by atoms with E-state index >= 15 is 0 Å². The summed E-state index contributed by atoms with van der Waals surface area (Å²) in [7, 11) is 0. The van der Waals surface area contributed by atoms with Crippen LogP contribution in [0.4, 0.5) is 4.39 Å². The molecule has 1 fully saturated rings. The van der Waals surface area contributed by atoms with Gasteiger partial charge in [-0.25, -0.2) is 4.39 Å². The van der Waals surface area contributed by atoms with Crippen molar-refractivity contribution in [1.82, 2.24) is 20.1 Å². The molecule has 1 aliphatic rings. The summed E-state index contributed by atoms with van der Waals surface area (Å²) in [5.74, 6) is 0.0452. The first-order valence-electron chi connectivity index (χ1n) is 10.9. The van der Waals surface area contributed by atoms with E-state index in [-0.39, 0.29) is 23.1 Å². The Morgan fingerprint density at radius 1 is 1.22 bits per heavy atom. The number of nitrogens with zero attached hydrogens (tertiary/aromatic N) is 3. The number of benzene rings is 2. The second kappa shape index (κ2) is 10.7. The number of rotatable bonds is 9. The molecule has 1 aliphatic heterocycles. The molecule has 2 aromatic carbocycles. The van der Waals surface area contributed by atoms with Crippen molar-refractivity contribution < 1.29 is 13.9 Å². The van der Waals surface area contributed by atoms with Gasteiger partial charge in [0.2, 0.25) is 5.91 Å². The fourth-order valence-electron chi connectivity index (χ4n) is 3.68. The van der Waals surface area contributed by atoms with E-state index in [1.165, 1.54) is 23.4 Å². The molecule has 6 nitrogen and oxygen atoms in total. The highest BCUT2D eigenvalue weighted by Crippen LogP contribution is 2.28. The lowest BCUT2D eigenvalue weighted by molar-refractivity contribution is -0.120. The molecule has 1 saturated heterocycles. The van der Waals surface area contributed by atoms with Crippen LogP contribution in [0.2, 0.25) is 0 Å². The first-order chi connectivity index (χ1) is 15.6. The zero-order valence-electron chi connectivity index (χ0n) is 18.0. The second-order valence-corrected chi connectivity index (χ2v) is 9.12. The van der Waals surface area contributed by atoms with Crippen LogP contribution < -0.4 is 5.32 Å². The maximum atomic E-state index is 14.5. The van der Waals surface area contributed by atoms with Crippen LogP contribution in [0, 0.1) is 5.82 Å². The van der Waals surface area contributed by atoms with Crippen LogP contribution in [0.3, 0.4) is 0 Å². The number of aromatic nitrogens is 3. The number of amides is 1. The molecule has 4 rings (SSSR count). The van der Waals surface area contributed by atoms with E-state index in [4.69, 9.17) is 4.74 Å². The van der Waals surface area contributed by atoms with Crippen molar-refractivity contribution >= 4 is 17.7 Å². The topological polar surface area (TPSA) is 69.0 Å². The van der Waals surface area contributed by atoms with Crippen LogP contribution in [0.1, 0.15) is 25.3 Å². The number of nitrogens with one attached hydrogen (secondary N) is 1. The Morgan fingerprint density at radius 3 is 2.75 bits per heavy atom. The maximum Gasteiger partial charge on any atom is 0.233 e. The highest BCUT2D eigenvalue weighted by atomic mass is 32.2. The molecule has 1 aromatic heterocycles. The van der Waals surface area contributed by atoms with Gasteiger partial charge in [-0.05, 0) is 43.9 Å². The second-order valence-electron chi connectivity index (χ2n) is 7.81. The number of halogens is 1. The molecule has 1 N–H and O–H groups in total. The molecule has 0 spiro atoms. The van der Waals surface area contributed by atoms with Gasteiger partial charge in [0.05, 0.1) is 16.9 Å². The molecule has 0 aliphatic carbocycles. The SMILES string of the molecule is CC(Sc1nnc(-c2ccccc2F)n1CCc1ccccc1)C(=O)NCC1CCCO1. The Morgan fingerprint density at radius 2 is 2.00 bits per heavy atom. The summed E-state index contributed by atoms with van der Waals surface area (Å²) in [6.45, 7) is 3.70. The molecule has 2 unspecified atom stereocenters. The number of thioether (sulfide) groups is 1. The van der Waals surface area contributed by atoms with Crippen molar-refractivity contribution in [2.24, 2.45) is 0 Å². The molecule has 3 aromatic rings. The Balaban J connectivity index is 1.51. The first kappa shape index (κ1) is 22.5. The molecule has 1 amide bonds. The van der Waals surface area contributed by atoms with Crippen molar-refractivity contribution in [3.05, 3.63) is 66.0 Å². The molecular weight excluding hydrogens is 427 g/mol. The van der Waals surface area contributed by atoms with Crippen molar-refractivity contribution in [2.45, 2.75) is 49.2 Å². The number of hydrogen-bond donors (Lipinski definition) is 1. The summed E-state index contributed by atoms with van der Waals surface area (Å²) in [6, 6.07) is 16.6. The van der Waals surface area contributed by atoms with Crippen LogP contribution >= 0.6 is 11.8 Å². The van der Waals surface area contributed by atoms with Gasteiger partial charge in [-0.3, -0.25) is 4.79 Å². The third-order valence-electron chi connectivity index (χ3n) is 5.48. The van der Waals surface area contributed by atoms with E-state index in [2.05, 4.69) is 27.6 Å². The standard InChI is InChI=1S/C24H27FN4O2S/c1-17(23(30)26-16-19-10-7-15-31-19)32-24-28-27-22(20-11-5-6-12-21(20)25)29(24)14-13-18-8-3-2-4-9-18/h2-6,8-9,11-12,17,19H,7,10,13-16H2,1H3,(H,26,30). The minimum absolute atomic E-state index is 0.0736. The summed E-state index contributed by atoms with van der Waals surface area (Å²) >= 11 is 1.33. The van der Waals surface area contributed by atoms with Crippen molar-refractivity contribution in [3.8, 4) is 11.4 Å². The molecule has 8 heteroatoms. The minimum atomic E-state index is -0.371. The van der Waals surface area contributed by atoms with Crippen LogP contribution in [0.25, 0.3) is 11.4 Å². The van der Waals surface area contributed by atoms with E-state index in [0.717, 1.165) is 25.9 Å². The molecular formula is C24H27FN4O2S. The van der Waals surface area contributed by atoms with Gasteiger partial charge in [-0.15, -0.1) is 10.2 Å². The van der Waals surface area contributed by atoms with E-state index < -0.39 is 0 Å². The predicted octanol–water partition coefficient (Wildman–Crippen LogP) is 4.10. The first-order valence-corrected chi connectivity index (χ1v) is 11.8. The number of carbonyl (C=O) groups excluding carboxylic acids is 1. The summed E-state index contributed by atoms with van der Waals surface area (Å²) in [5, 5.41) is 11.8. The van der Waals surface area contributed by atoms with E-state index in [0.29, 0.717) is 29.6 Å². The zero-order valence-corrected chi connectivity index (χ0v) is 18.9. The van der Waals surface area contributed by atoms with Gasteiger partial charge in [-0.1, -0.05) is 54.2 Å². The van der Waals surface area contributed by atoms with Gasteiger partial charge < -0.3 is 14.6 Å². The van der Waals surface area contributed by atoms with E-state index in [1.807, 2.05) is 29.7 Å². The molecule has 32 heavy (non-hydrogen) atoms. The fraction of sp³-hybridized carbons (Fsp3) is 0.375. The van der Waals surface area contributed by atoms with E-state index in [9.17, 15) is 9.18 Å². The lowest BCUT2D eigenvalue weighted by Crippen LogP contribution is -2.36. The maximum absolute atomic E-state index is 14.5. The highest BCUT2D eigenvalue weighted by molar-refractivity contribution is 8.00. The third kappa shape index (κ3) is 5.55. The van der Waals surface area contributed by atoms with Crippen LogP contribution in [0.15, 0.2) is 59.8 Å². The molecule has 2 atom stereocenters. The number of carbonyl (C=O) groups is 1. The monoisotopic (exact) mass is 454 g/mol. The molecule has 0 saturated carbocycles. The van der Waals surface area contributed by atoms with Crippen molar-refractivity contribution in [1.29, 1.82) is 0 Å². The average Bonchev–Trinajstić information content (AvgIpc) is 3.47. The molecule has 0 radical (unpaired) electrons. The number of ether oxygens (including phenoxy) is 1. The van der Waals surface area contributed by atoms with Gasteiger partial charge in [0, 0.05) is 19.7 Å². The summed E-state index contributed by atoms with van der Waals surface area (Å²) in [6.07, 6.45) is 2.85. The van der Waals surface area contributed by atoms with Crippen molar-refractivity contribution in [2.75, 3.05) is 13.2 Å².